The highest BCUT2D eigenvalue weighted by Gasteiger charge is 2.13. The molecular formula is C13H19BrO4S. The lowest BCUT2D eigenvalue weighted by Crippen LogP contribution is -2.17. The van der Waals surface area contributed by atoms with Crippen molar-refractivity contribution in [3.05, 3.63) is 28.2 Å². The van der Waals surface area contributed by atoms with Crippen molar-refractivity contribution < 1.29 is 18.3 Å². The second kappa shape index (κ2) is 7.26. The molecule has 0 spiro atoms. The first kappa shape index (κ1) is 16.5. The summed E-state index contributed by atoms with van der Waals surface area (Å²) in [6, 6.07) is 5.28. The summed E-state index contributed by atoms with van der Waals surface area (Å²) in [5.41, 5.74) is 0.641. The average molecular weight is 351 g/mol. The molecule has 1 atom stereocenters. The fraction of sp³-hybridized carbons (Fsp3) is 0.538. The molecule has 0 saturated carbocycles. The molecular weight excluding hydrogens is 332 g/mol. The number of aliphatic hydroxyl groups excluding tert-OH is 1. The van der Waals surface area contributed by atoms with E-state index in [0.29, 0.717) is 17.7 Å². The van der Waals surface area contributed by atoms with Gasteiger partial charge in [-0.3, -0.25) is 0 Å². The minimum absolute atomic E-state index is 0.00382. The van der Waals surface area contributed by atoms with Gasteiger partial charge in [0.2, 0.25) is 0 Å². The van der Waals surface area contributed by atoms with Crippen molar-refractivity contribution in [2.75, 3.05) is 18.1 Å². The Hall–Kier alpha value is -0.590. The van der Waals surface area contributed by atoms with E-state index in [1.54, 1.807) is 25.1 Å². The maximum Gasteiger partial charge on any atom is 0.153 e. The highest BCUT2D eigenvalue weighted by atomic mass is 79.9. The topological polar surface area (TPSA) is 63.6 Å². The van der Waals surface area contributed by atoms with Gasteiger partial charge in [0.1, 0.15) is 12.4 Å². The van der Waals surface area contributed by atoms with Crippen LogP contribution in [0.25, 0.3) is 0 Å². The van der Waals surface area contributed by atoms with Crippen LogP contribution in [0.4, 0.5) is 0 Å². The standard InChI is InChI=1S/C13H19BrO4S/c1-3-7-19(16,17)8-6-18-13-5-4-11(14)9-12(13)10(2)15/h4-5,9-10,15H,3,6-8H2,1-2H3. The van der Waals surface area contributed by atoms with Gasteiger partial charge in [-0.2, -0.15) is 0 Å². The van der Waals surface area contributed by atoms with E-state index in [4.69, 9.17) is 4.74 Å². The van der Waals surface area contributed by atoms with Crippen molar-refractivity contribution >= 4 is 25.8 Å². The normalized spacial score (nSPS) is 13.3. The first-order chi connectivity index (χ1) is 8.85. The Balaban J connectivity index is 2.68. The summed E-state index contributed by atoms with van der Waals surface area (Å²) in [5.74, 6) is 0.695. The molecule has 0 fully saturated rings. The third-order valence-electron chi connectivity index (χ3n) is 2.59. The van der Waals surface area contributed by atoms with E-state index in [1.165, 1.54) is 0 Å². The second-order valence-electron chi connectivity index (χ2n) is 4.36. The van der Waals surface area contributed by atoms with Crippen molar-refractivity contribution in [1.82, 2.24) is 0 Å². The molecule has 0 aromatic heterocycles. The van der Waals surface area contributed by atoms with Crippen LogP contribution in [0.2, 0.25) is 0 Å². The zero-order chi connectivity index (χ0) is 14.5. The van der Waals surface area contributed by atoms with Gasteiger partial charge >= 0.3 is 0 Å². The maximum atomic E-state index is 11.6. The van der Waals surface area contributed by atoms with Gasteiger partial charge in [-0.05, 0) is 31.5 Å². The first-order valence-corrected chi connectivity index (χ1v) is 8.78. The fourth-order valence-corrected chi connectivity index (χ4v) is 3.21. The molecule has 1 N–H and O–H groups in total. The summed E-state index contributed by atoms with van der Waals surface area (Å²) < 4.78 is 29.4. The molecule has 0 radical (unpaired) electrons. The first-order valence-electron chi connectivity index (χ1n) is 6.16. The summed E-state index contributed by atoms with van der Waals surface area (Å²) in [6.45, 7) is 3.57. The van der Waals surface area contributed by atoms with E-state index in [-0.39, 0.29) is 18.1 Å². The van der Waals surface area contributed by atoms with Crippen LogP contribution in [0.15, 0.2) is 22.7 Å². The minimum atomic E-state index is -3.04. The van der Waals surface area contributed by atoms with Crippen LogP contribution in [0.1, 0.15) is 31.9 Å². The molecule has 0 saturated heterocycles. The zero-order valence-electron chi connectivity index (χ0n) is 11.1. The Morgan fingerprint density at radius 1 is 1.37 bits per heavy atom. The van der Waals surface area contributed by atoms with Gasteiger partial charge in [0, 0.05) is 10.0 Å². The van der Waals surface area contributed by atoms with Gasteiger partial charge in [0.25, 0.3) is 0 Å². The van der Waals surface area contributed by atoms with Crippen molar-refractivity contribution in [2.24, 2.45) is 0 Å². The Morgan fingerprint density at radius 3 is 2.63 bits per heavy atom. The molecule has 1 aromatic rings. The van der Waals surface area contributed by atoms with Crippen molar-refractivity contribution in [3.8, 4) is 5.75 Å². The lowest BCUT2D eigenvalue weighted by atomic mass is 10.1. The van der Waals surface area contributed by atoms with Crippen LogP contribution in [0, 0.1) is 0 Å². The number of ether oxygens (including phenoxy) is 1. The quantitative estimate of drug-likeness (QED) is 0.820. The summed E-state index contributed by atoms with van der Waals surface area (Å²) in [4.78, 5) is 0. The van der Waals surface area contributed by atoms with Gasteiger partial charge in [0.05, 0.1) is 17.6 Å². The number of halogens is 1. The SMILES string of the molecule is CCCS(=O)(=O)CCOc1ccc(Br)cc1C(C)O. The Labute approximate surface area is 122 Å². The van der Waals surface area contributed by atoms with Crippen LogP contribution in [-0.4, -0.2) is 31.6 Å². The van der Waals surface area contributed by atoms with Gasteiger partial charge in [-0.15, -0.1) is 0 Å². The van der Waals surface area contributed by atoms with E-state index in [9.17, 15) is 13.5 Å². The molecule has 1 aromatic carbocycles. The highest BCUT2D eigenvalue weighted by molar-refractivity contribution is 9.10. The van der Waals surface area contributed by atoms with Gasteiger partial charge in [0.15, 0.2) is 9.84 Å². The summed E-state index contributed by atoms with van der Waals surface area (Å²) >= 11 is 3.32. The van der Waals surface area contributed by atoms with E-state index in [2.05, 4.69) is 15.9 Å². The largest absolute Gasteiger partial charge is 0.492 e. The highest BCUT2D eigenvalue weighted by Crippen LogP contribution is 2.28. The number of aliphatic hydroxyl groups is 1. The Bertz CT molecular complexity index is 511. The molecule has 1 unspecified atom stereocenters. The lowest BCUT2D eigenvalue weighted by Gasteiger charge is -2.14. The molecule has 0 aliphatic carbocycles. The van der Waals surface area contributed by atoms with Crippen LogP contribution >= 0.6 is 15.9 Å². The molecule has 0 aliphatic rings. The molecule has 4 nitrogen and oxygen atoms in total. The summed E-state index contributed by atoms with van der Waals surface area (Å²) in [6.07, 6.45) is -0.0562. The van der Waals surface area contributed by atoms with E-state index in [0.717, 1.165) is 4.47 Å². The number of hydrogen-bond donors (Lipinski definition) is 1. The monoisotopic (exact) mass is 350 g/mol. The third-order valence-corrected chi connectivity index (χ3v) is 4.90. The fourth-order valence-electron chi connectivity index (χ4n) is 1.67. The molecule has 6 heteroatoms. The summed E-state index contributed by atoms with van der Waals surface area (Å²) in [7, 11) is -3.04. The number of rotatable bonds is 7. The van der Waals surface area contributed by atoms with Gasteiger partial charge in [-0.25, -0.2) is 8.42 Å². The van der Waals surface area contributed by atoms with E-state index < -0.39 is 15.9 Å². The molecule has 0 amide bonds. The Morgan fingerprint density at radius 2 is 2.05 bits per heavy atom. The van der Waals surface area contributed by atoms with E-state index >= 15 is 0 Å². The predicted octanol–water partition coefficient (Wildman–Crippen LogP) is 2.71. The molecule has 108 valence electrons. The number of sulfone groups is 1. The second-order valence-corrected chi connectivity index (χ2v) is 7.58. The Kier molecular flexibility index (Phi) is 6.29. The van der Waals surface area contributed by atoms with Crippen molar-refractivity contribution in [2.45, 2.75) is 26.4 Å². The molecule has 19 heavy (non-hydrogen) atoms. The van der Waals surface area contributed by atoms with Crippen LogP contribution < -0.4 is 4.74 Å². The zero-order valence-corrected chi connectivity index (χ0v) is 13.5. The lowest BCUT2D eigenvalue weighted by molar-refractivity contribution is 0.192. The number of hydrogen-bond acceptors (Lipinski definition) is 4. The maximum absolute atomic E-state index is 11.6. The van der Waals surface area contributed by atoms with Crippen molar-refractivity contribution in [1.29, 1.82) is 0 Å². The predicted molar refractivity (Wildman–Crippen MR) is 79.2 cm³/mol. The van der Waals surface area contributed by atoms with Crippen LogP contribution in [-0.2, 0) is 9.84 Å². The third kappa shape index (κ3) is 5.50. The van der Waals surface area contributed by atoms with E-state index in [1.807, 2.05) is 6.92 Å². The van der Waals surface area contributed by atoms with Crippen molar-refractivity contribution in [3.63, 3.8) is 0 Å². The smallest absolute Gasteiger partial charge is 0.153 e. The molecule has 0 heterocycles. The van der Waals surface area contributed by atoms with Gasteiger partial charge < -0.3 is 9.84 Å². The van der Waals surface area contributed by atoms with Gasteiger partial charge in [-0.1, -0.05) is 22.9 Å². The summed E-state index contributed by atoms with van der Waals surface area (Å²) in [5, 5.41) is 9.65. The minimum Gasteiger partial charge on any atom is -0.492 e. The molecule has 0 bridgehead atoms. The number of benzene rings is 1. The molecule has 1 rings (SSSR count). The average Bonchev–Trinajstić information content (AvgIpc) is 2.30. The molecule has 0 aliphatic heterocycles. The van der Waals surface area contributed by atoms with Crippen LogP contribution in [0.3, 0.4) is 0 Å². The van der Waals surface area contributed by atoms with Crippen LogP contribution in [0.5, 0.6) is 5.75 Å².